The van der Waals surface area contributed by atoms with E-state index in [1.807, 2.05) is 6.07 Å². The number of aromatic nitrogens is 1. The molecule has 11 aromatic rings. The van der Waals surface area contributed by atoms with Crippen molar-refractivity contribution in [2.24, 2.45) is 0 Å². The molecular weight excluding hydrogens is 719 g/mol. The van der Waals surface area contributed by atoms with Gasteiger partial charge < -0.3 is 9.32 Å². The van der Waals surface area contributed by atoms with Crippen molar-refractivity contribution in [3.05, 3.63) is 223 Å². The average molecular weight is 756 g/mol. The highest BCUT2D eigenvalue weighted by Gasteiger charge is 2.31. The highest BCUT2D eigenvalue weighted by Crippen LogP contribution is 2.50. The number of hydrogen-bond donors (Lipinski definition) is 0. The molecule has 0 bridgehead atoms. The minimum Gasteiger partial charge on any atom is -0.456 e. The van der Waals surface area contributed by atoms with Gasteiger partial charge in [0.15, 0.2) is 0 Å². The van der Waals surface area contributed by atoms with Crippen LogP contribution in [0.3, 0.4) is 0 Å². The maximum atomic E-state index is 6.43. The van der Waals surface area contributed by atoms with E-state index in [9.17, 15) is 0 Å². The van der Waals surface area contributed by atoms with Crippen LogP contribution in [0, 0.1) is 0 Å². The number of hydrogen-bond acceptors (Lipinski definition) is 3. The molecule has 0 saturated heterocycles. The molecule has 1 aliphatic rings. The fourth-order valence-corrected chi connectivity index (χ4v) is 9.37. The van der Waals surface area contributed by atoms with Gasteiger partial charge in [-0.05, 0) is 106 Å². The van der Waals surface area contributed by atoms with E-state index < -0.39 is 0 Å². The molecule has 0 unspecified atom stereocenters. The fourth-order valence-electron chi connectivity index (χ4n) is 9.37. The minimum absolute atomic E-state index is 0.865. The van der Waals surface area contributed by atoms with Crippen LogP contribution in [0.2, 0.25) is 0 Å². The monoisotopic (exact) mass is 755 g/mol. The van der Waals surface area contributed by atoms with Crippen molar-refractivity contribution in [1.82, 2.24) is 4.57 Å². The summed E-state index contributed by atoms with van der Waals surface area (Å²) in [4.78, 5) is 4.83. The van der Waals surface area contributed by atoms with E-state index in [1.54, 1.807) is 0 Å². The summed E-state index contributed by atoms with van der Waals surface area (Å²) in [5, 5.41) is 5.95. The Morgan fingerprint density at radius 2 is 1.10 bits per heavy atom. The Kier molecular flexibility index (Phi) is 7.57. The standard InChI is InChI=1S/C55H37N3O/c1-2-17-40(18-3-1)58-50-24-10-7-20-46(50)48-36-39-15-5-9-23-49(39)57(55(48)58)43-34-32-42(33-35-43)56(51-25-13-27-53-54(51)47-21-8-11-26-52(47)59-53)41-30-28-38(29-31-41)45-22-12-16-37-14-4-6-19-44(37)45/h1-35H,36H2. The highest BCUT2D eigenvalue weighted by atomic mass is 16.3. The molecule has 2 aromatic heterocycles. The van der Waals surface area contributed by atoms with Gasteiger partial charge in [-0.1, -0.05) is 133 Å². The first kappa shape index (κ1) is 33.3. The van der Waals surface area contributed by atoms with Crippen molar-refractivity contribution in [3.63, 3.8) is 0 Å². The summed E-state index contributed by atoms with van der Waals surface area (Å²) in [6, 6.07) is 76.4. The van der Waals surface area contributed by atoms with Gasteiger partial charge in [-0.2, -0.15) is 0 Å². The van der Waals surface area contributed by atoms with Gasteiger partial charge in [-0.3, -0.25) is 9.47 Å². The smallest absolute Gasteiger partial charge is 0.137 e. The first-order valence-corrected chi connectivity index (χ1v) is 20.2. The average Bonchev–Trinajstić information content (AvgIpc) is 3.85. The SMILES string of the molecule is c1ccc(-n2c3c(c4ccccc42)Cc2ccccc2N3c2ccc(N(c3ccc(-c4cccc5ccccc45)cc3)c3cccc4oc5ccccc5c34)cc2)cc1. The van der Waals surface area contributed by atoms with Gasteiger partial charge in [-0.15, -0.1) is 0 Å². The first-order chi connectivity index (χ1) is 29.3. The second-order valence-electron chi connectivity index (χ2n) is 15.3. The molecule has 278 valence electrons. The summed E-state index contributed by atoms with van der Waals surface area (Å²) < 4.78 is 8.87. The Morgan fingerprint density at radius 1 is 0.458 bits per heavy atom. The molecule has 0 saturated carbocycles. The number of nitrogens with zero attached hydrogens (tertiary/aromatic N) is 3. The molecule has 12 rings (SSSR count). The zero-order chi connectivity index (χ0) is 38.9. The summed E-state index contributed by atoms with van der Waals surface area (Å²) in [7, 11) is 0. The van der Waals surface area contributed by atoms with E-state index in [2.05, 4.69) is 221 Å². The van der Waals surface area contributed by atoms with E-state index in [0.29, 0.717) is 0 Å². The van der Waals surface area contributed by atoms with Crippen molar-refractivity contribution in [2.75, 3.05) is 9.80 Å². The van der Waals surface area contributed by atoms with Gasteiger partial charge in [0.2, 0.25) is 0 Å². The third-order valence-corrected chi connectivity index (χ3v) is 12.0. The maximum absolute atomic E-state index is 6.43. The van der Waals surface area contributed by atoms with E-state index in [1.165, 1.54) is 55.4 Å². The van der Waals surface area contributed by atoms with Crippen LogP contribution in [0.15, 0.2) is 217 Å². The highest BCUT2D eigenvalue weighted by molar-refractivity contribution is 6.13. The predicted molar refractivity (Wildman–Crippen MR) is 246 cm³/mol. The van der Waals surface area contributed by atoms with Gasteiger partial charge in [0.1, 0.15) is 17.0 Å². The van der Waals surface area contributed by atoms with E-state index in [-0.39, 0.29) is 0 Å². The minimum atomic E-state index is 0.865. The zero-order valence-electron chi connectivity index (χ0n) is 32.2. The lowest BCUT2D eigenvalue weighted by atomic mass is 9.96. The number of rotatable bonds is 6. The fraction of sp³-hybridized carbons (Fsp3) is 0.0182. The number of anilines is 6. The molecule has 0 amide bonds. The molecule has 1 aliphatic heterocycles. The van der Waals surface area contributed by atoms with Gasteiger partial charge in [-0.25, -0.2) is 0 Å². The van der Waals surface area contributed by atoms with Crippen LogP contribution < -0.4 is 9.80 Å². The second kappa shape index (κ2) is 13.4. The summed E-state index contributed by atoms with van der Waals surface area (Å²) in [5.74, 6) is 1.18. The van der Waals surface area contributed by atoms with Gasteiger partial charge in [0.25, 0.3) is 0 Å². The van der Waals surface area contributed by atoms with Crippen LogP contribution in [0.25, 0.3) is 60.4 Å². The van der Waals surface area contributed by atoms with Crippen LogP contribution in [0.4, 0.5) is 34.3 Å². The lowest BCUT2D eigenvalue weighted by Gasteiger charge is -2.34. The normalized spacial score (nSPS) is 12.3. The molecule has 0 radical (unpaired) electrons. The molecule has 59 heavy (non-hydrogen) atoms. The Bertz CT molecular complexity index is 3350. The molecule has 0 aliphatic carbocycles. The van der Waals surface area contributed by atoms with Crippen LogP contribution in [0.5, 0.6) is 0 Å². The van der Waals surface area contributed by atoms with Crippen LogP contribution in [-0.2, 0) is 6.42 Å². The molecule has 4 nitrogen and oxygen atoms in total. The molecule has 0 atom stereocenters. The molecule has 9 aromatic carbocycles. The third-order valence-electron chi connectivity index (χ3n) is 12.0. The summed E-state index contributed by atoms with van der Waals surface area (Å²) in [5.41, 5.74) is 14.6. The lowest BCUT2D eigenvalue weighted by Crippen LogP contribution is -2.21. The number of benzene rings is 9. The van der Waals surface area contributed by atoms with Gasteiger partial charge in [0, 0.05) is 45.5 Å². The van der Waals surface area contributed by atoms with Crippen molar-refractivity contribution >= 4 is 77.9 Å². The second-order valence-corrected chi connectivity index (χ2v) is 15.3. The van der Waals surface area contributed by atoms with Crippen molar-refractivity contribution in [3.8, 4) is 16.8 Å². The van der Waals surface area contributed by atoms with Gasteiger partial charge in [0.05, 0.1) is 22.3 Å². The largest absolute Gasteiger partial charge is 0.456 e. The quantitative estimate of drug-likeness (QED) is 0.169. The van der Waals surface area contributed by atoms with E-state index in [0.717, 1.165) is 56.8 Å². The molecule has 0 N–H and O–H groups in total. The van der Waals surface area contributed by atoms with Crippen molar-refractivity contribution in [2.45, 2.75) is 6.42 Å². The van der Waals surface area contributed by atoms with E-state index in [4.69, 9.17) is 4.42 Å². The summed E-state index contributed by atoms with van der Waals surface area (Å²) in [6.07, 6.45) is 0.867. The summed E-state index contributed by atoms with van der Waals surface area (Å²) >= 11 is 0. The maximum Gasteiger partial charge on any atom is 0.137 e. The Hall–Kier alpha value is -7.82. The topological polar surface area (TPSA) is 24.6 Å². The van der Waals surface area contributed by atoms with Gasteiger partial charge >= 0.3 is 0 Å². The lowest BCUT2D eigenvalue weighted by molar-refractivity contribution is 0.669. The molecule has 4 heteroatoms. The van der Waals surface area contributed by atoms with E-state index >= 15 is 0 Å². The first-order valence-electron chi connectivity index (χ1n) is 20.2. The van der Waals surface area contributed by atoms with Crippen molar-refractivity contribution < 1.29 is 4.42 Å². The zero-order valence-corrected chi connectivity index (χ0v) is 32.2. The molecular formula is C55H37N3O. The Balaban J connectivity index is 1.04. The number of fused-ring (bicyclic) bond motifs is 8. The number of furan rings is 1. The summed E-state index contributed by atoms with van der Waals surface area (Å²) in [6.45, 7) is 0. The van der Waals surface area contributed by atoms with Crippen LogP contribution in [-0.4, -0.2) is 4.57 Å². The van der Waals surface area contributed by atoms with Crippen molar-refractivity contribution in [1.29, 1.82) is 0 Å². The third kappa shape index (κ3) is 5.30. The van der Waals surface area contributed by atoms with Crippen LogP contribution in [0.1, 0.15) is 11.1 Å². The molecule has 3 heterocycles. The predicted octanol–water partition coefficient (Wildman–Crippen LogP) is 15.2. The Morgan fingerprint density at radius 3 is 1.95 bits per heavy atom. The number of para-hydroxylation sites is 4. The molecule has 0 fully saturated rings. The van der Waals surface area contributed by atoms with Crippen LogP contribution >= 0.6 is 0 Å². The molecule has 0 spiro atoms. The Labute approximate surface area is 342 Å².